The Morgan fingerprint density at radius 1 is 1.17 bits per heavy atom. The Bertz CT molecular complexity index is 212. The summed E-state index contributed by atoms with van der Waals surface area (Å²) in [6, 6.07) is 0.449. The van der Waals surface area contributed by atoms with Gasteiger partial charge in [0, 0.05) is 12.1 Å². The fraction of sp³-hybridized carbons (Fsp3) is 1.00. The largest absolute Gasteiger partial charge is 0.326 e. The van der Waals surface area contributed by atoms with Crippen LogP contribution in [0.5, 0.6) is 0 Å². The van der Waals surface area contributed by atoms with E-state index in [1.54, 1.807) is 0 Å². The maximum Gasteiger partial charge on any atom is 0.0255 e. The molecule has 2 nitrogen and oxygen atoms in total. The lowest BCUT2D eigenvalue weighted by Crippen LogP contribution is -2.50. The molecule has 0 unspecified atom stereocenters. The molecular weight excluding hydrogens is 148 g/mol. The van der Waals surface area contributed by atoms with Crippen LogP contribution in [-0.4, -0.2) is 12.1 Å². The van der Waals surface area contributed by atoms with Gasteiger partial charge in [0.2, 0.25) is 0 Å². The van der Waals surface area contributed by atoms with Gasteiger partial charge in [-0.3, -0.25) is 0 Å². The predicted octanol–water partition coefficient (Wildman–Crippen LogP) is 1.10. The van der Waals surface area contributed by atoms with Crippen molar-refractivity contribution < 1.29 is 0 Å². The third-order valence-electron chi connectivity index (χ3n) is 4.99. The average molecular weight is 168 g/mol. The van der Waals surface area contributed by atoms with Crippen molar-refractivity contribution in [3.8, 4) is 0 Å². The van der Waals surface area contributed by atoms with Gasteiger partial charge in [0.1, 0.15) is 0 Å². The first-order valence-electron chi connectivity index (χ1n) is 4.92. The van der Waals surface area contributed by atoms with Gasteiger partial charge in [0.15, 0.2) is 0 Å². The molecule has 0 aromatic carbocycles. The Morgan fingerprint density at radius 2 is 1.75 bits per heavy atom. The minimum absolute atomic E-state index is 0.214. The Morgan fingerprint density at radius 3 is 2.00 bits per heavy atom. The zero-order valence-electron chi connectivity index (χ0n) is 8.30. The zero-order chi connectivity index (χ0) is 9.15. The quantitative estimate of drug-likeness (QED) is 0.569. The number of rotatable bonds is 0. The standard InChI is InChI=1S/C10H20N2/c1-9(2)6-4-5-10(9,3)8(12)7(6)11/h6-8H,4-5,11-12H2,1-3H3/t6-,7-,8+,10-/m1/s1. The lowest BCUT2D eigenvalue weighted by Gasteiger charge is -2.37. The molecule has 4 N–H and O–H groups in total. The van der Waals surface area contributed by atoms with Crippen molar-refractivity contribution >= 4 is 0 Å². The summed E-state index contributed by atoms with van der Waals surface area (Å²) in [5.74, 6) is 0.650. The van der Waals surface area contributed by atoms with Crippen LogP contribution in [-0.2, 0) is 0 Å². The second kappa shape index (κ2) is 2.05. The van der Waals surface area contributed by atoms with Gasteiger partial charge in [0.05, 0.1) is 0 Å². The highest BCUT2D eigenvalue weighted by molar-refractivity contribution is 5.17. The summed E-state index contributed by atoms with van der Waals surface area (Å²) in [6.07, 6.45) is 2.54. The van der Waals surface area contributed by atoms with Gasteiger partial charge >= 0.3 is 0 Å². The van der Waals surface area contributed by atoms with E-state index in [1.165, 1.54) is 12.8 Å². The molecule has 2 fully saturated rings. The highest BCUT2D eigenvalue weighted by Crippen LogP contribution is 2.64. The molecule has 0 aliphatic heterocycles. The van der Waals surface area contributed by atoms with E-state index in [1.807, 2.05) is 0 Å². The van der Waals surface area contributed by atoms with Gasteiger partial charge in [0.25, 0.3) is 0 Å². The summed E-state index contributed by atoms with van der Waals surface area (Å²) in [5.41, 5.74) is 12.9. The lowest BCUT2D eigenvalue weighted by atomic mass is 9.69. The molecule has 2 heteroatoms. The smallest absolute Gasteiger partial charge is 0.0255 e. The molecule has 0 radical (unpaired) electrons. The van der Waals surface area contributed by atoms with Crippen LogP contribution in [0.2, 0.25) is 0 Å². The van der Waals surface area contributed by atoms with Gasteiger partial charge < -0.3 is 11.5 Å². The van der Waals surface area contributed by atoms with Crippen LogP contribution < -0.4 is 11.5 Å². The molecule has 2 bridgehead atoms. The van der Waals surface area contributed by atoms with E-state index in [0.717, 1.165) is 0 Å². The summed E-state index contributed by atoms with van der Waals surface area (Å²) in [6.45, 7) is 6.97. The van der Waals surface area contributed by atoms with Crippen LogP contribution >= 0.6 is 0 Å². The molecule has 0 heterocycles. The van der Waals surface area contributed by atoms with Crippen LogP contribution in [0, 0.1) is 16.7 Å². The molecule has 2 aliphatic carbocycles. The minimum Gasteiger partial charge on any atom is -0.326 e. The topological polar surface area (TPSA) is 52.0 Å². The van der Waals surface area contributed by atoms with Crippen molar-refractivity contribution in [2.75, 3.05) is 0 Å². The third kappa shape index (κ3) is 0.647. The summed E-state index contributed by atoms with van der Waals surface area (Å²) in [4.78, 5) is 0. The van der Waals surface area contributed by atoms with Crippen molar-refractivity contribution in [2.45, 2.75) is 45.7 Å². The molecular formula is C10H20N2. The summed E-state index contributed by atoms with van der Waals surface area (Å²) < 4.78 is 0. The van der Waals surface area contributed by atoms with Crippen LogP contribution in [0.3, 0.4) is 0 Å². The van der Waals surface area contributed by atoms with Gasteiger partial charge in [-0.1, -0.05) is 20.8 Å². The lowest BCUT2D eigenvalue weighted by molar-refractivity contribution is 0.136. The number of hydrogen-bond acceptors (Lipinski definition) is 2. The van der Waals surface area contributed by atoms with E-state index in [2.05, 4.69) is 20.8 Å². The van der Waals surface area contributed by atoms with Crippen molar-refractivity contribution in [1.29, 1.82) is 0 Å². The maximum atomic E-state index is 6.15. The van der Waals surface area contributed by atoms with Crippen LogP contribution in [0.25, 0.3) is 0 Å². The minimum atomic E-state index is 0.214. The van der Waals surface area contributed by atoms with E-state index in [0.29, 0.717) is 11.3 Å². The first-order valence-corrected chi connectivity index (χ1v) is 4.92. The third-order valence-corrected chi connectivity index (χ3v) is 4.99. The highest BCUT2D eigenvalue weighted by Gasteiger charge is 2.63. The van der Waals surface area contributed by atoms with Gasteiger partial charge in [-0.25, -0.2) is 0 Å². The molecule has 12 heavy (non-hydrogen) atoms. The molecule has 0 amide bonds. The van der Waals surface area contributed by atoms with Crippen molar-refractivity contribution in [1.82, 2.24) is 0 Å². The fourth-order valence-electron chi connectivity index (χ4n) is 3.51. The van der Waals surface area contributed by atoms with Gasteiger partial charge in [-0.05, 0) is 29.6 Å². The monoisotopic (exact) mass is 168 g/mol. The van der Waals surface area contributed by atoms with E-state index in [-0.39, 0.29) is 17.5 Å². The van der Waals surface area contributed by atoms with Gasteiger partial charge in [-0.2, -0.15) is 0 Å². The SMILES string of the molecule is CC1(C)[C@@H]2CC[C@]1(C)[C@@H](N)[C@@H]2N. The number of hydrogen-bond donors (Lipinski definition) is 2. The van der Waals surface area contributed by atoms with Crippen molar-refractivity contribution in [3.63, 3.8) is 0 Å². The second-order valence-corrected chi connectivity index (χ2v) is 5.39. The second-order valence-electron chi connectivity index (χ2n) is 5.39. The van der Waals surface area contributed by atoms with Crippen molar-refractivity contribution in [2.24, 2.45) is 28.2 Å². The first-order chi connectivity index (χ1) is 5.41. The summed E-state index contributed by atoms with van der Waals surface area (Å²) >= 11 is 0. The van der Waals surface area contributed by atoms with E-state index >= 15 is 0 Å². The van der Waals surface area contributed by atoms with E-state index < -0.39 is 0 Å². The summed E-state index contributed by atoms with van der Waals surface area (Å²) in [5, 5.41) is 0. The Balaban J connectivity index is 2.44. The zero-order valence-corrected chi connectivity index (χ0v) is 8.30. The molecule has 0 aromatic heterocycles. The predicted molar refractivity (Wildman–Crippen MR) is 50.6 cm³/mol. The highest BCUT2D eigenvalue weighted by atomic mass is 14.9. The van der Waals surface area contributed by atoms with Gasteiger partial charge in [-0.15, -0.1) is 0 Å². The van der Waals surface area contributed by atoms with Crippen LogP contribution in [0.1, 0.15) is 33.6 Å². The average Bonchev–Trinajstić information content (AvgIpc) is 2.26. The summed E-state index contributed by atoms with van der Waals surface area (Å²) in [7, 11) is 0. The Labute approximate surface area is 74.7 Å². The molecule has 0 aromatic rings. The normalized spacial score (nSPS) is 56.2. The molecule has 70 valence electrons. The van der Waals surface area contributed by atoms with Crippen LogP contribution in [0.4, 0.5) is 0 Å². The number of nitrogens with two attached hydrogens (primary N) is 2. The molecule has 2 saturated carbocycles. The fourth-order valence-corrected chi connectivity index (χ4v) is 3.51. The Hall–Kier alpha value is -0.0800. The van der Waals surface area contributed by atoms with E-state index in [4.69, 9.17) is 11.5 Å². The van der Waals surface area contributed by atoms with Crippen molar-refractivity contribution in [3.05, 3.63) is 0 Å². The molecule has 0 saturated heterocycles. The van der Waals surface area contributed by atoms with Crippen LogP contribution in [0.15, 0.2) is 0 Å². The Kier molecular flexibility index (Phi) is 1.45. The first kappa shape index (κ1) is 8.52. The maximum absolute atomic E-state index is 6.15. The molecule has 4 atom stereocenters. The van der Waals surface area contributed by atoms with E-state index in [9.17, 15) is 0 Å². The molecule has 0 spiro atoms. The molecule has 2 rings (SSSR count). The molecule has 2 aliphatic rings. The number of fused-ring (bicyclic) bond motifs is 2.